The summed E-state index contributed by atoms with van der Waals surface area (Å²) in [5.74, 6) is 1.48. The Balaban J connectivity index is 1.94. The molecule has 0 spiro atoms. The number of hydrogen-bond acceptors (Lipinski definition) is 2. The van der Waals surface area contributed by atoms with Crippen molar-refractivity contribution >= 4 is 32.3 Å². The molecule has 5 aromatic rings. The zero-order valence-corrected chi connectivity index (χ0v) is 15.9. The molecule has 28 heavy (non-hydrogen) atoms. The zero-order chi connectivity index (χ0) is 19.1. The van der Waals surface area contributed by atoms with E-state index in [9.17, 15) is 0 Å². The number of methoxy groups -OCH3 is 2. The molecule has 0 heterocycles. The molecule has 0 atom stereocenters. The normalized spacial score (nSPS) is 11.2. The fourth-order valence-electron chi connectivity index (χ4n) is 4.12. The van der Waals surface area contributed by atoms with Crippen LogP contribution in [0.1, 0.15) is 0 Å². The second kappa shape index (κ2) is 6.58. The van der Waals surface area contributed by atoms with Crippen molar-refractivity contribution in [2.45, 2.75) is 0 Å². The van der Waals surface area contributed by atoms with E-state index >= 15 is 0 Å². The summed E-state index contributed by atoms with van der Waals surface area (Å²) in [4.78, 5) is 0. The van der Waals surface area contributed by atoms with Crippen LogP contribution in [0.5, 0.6) is 11.5 Å². The summed E-state index contributed by atoms with van der Waals surface area (Å²) < 4.78 is 11.0. The summed E-state index contributed by atoms with van der Waals surface area (Å²) in [5, 5.41) is 7.50. The summed E-state index contributed by atoms with van der Waals surface area (Å²) in [5.41, 5.74) is 2.34. The molecule has 0 radical (unpaired) electrons. The van der Waals surface area contributed by atoms with Crippen molar-refractivity contribution < 1.29 is 9.47 Å². The Hall–Kier alpha value is -3.52. The summed E-state index contributed by atoms with van der Waals surface area (Å²) in [6.45, 7) is 0. The van der Waals surface area contributed by atoms with Gasteiger partial charge in [0.25, 0.3) is 0 Å². The van der Waals surface area contributed by atoms with Crippen LogP contribution in [0, 0.1) is 0 Å². The van der Waals surface area contributed by atoms with Crippen molar-refractivity contribution in [1.29, 1.82) is 0 Å². The Kier molecular flexibility index (Phi) is 3.91. The summed E-state index contributed by atoms with van der Waals surface area (Å²) in [6.07, 6.45) is 0. The highest BCUT2D eigenvalue weighted by molar-refractivity contribution is 6.20. The van der Waals surface area contributed by atoms with Crippen LogP contribution in [0.15, 0.2) is 84.9 Å². The van der Waals surface area contributed by atoms with E-state index in [1.807, 2.05) is 6.07 Å². The van der Waals surface area contributed by atoms with E-state index in [2.05, 4.69) is 78.9 Å². The van der Waals surface area contributed by atoms with Gasteiger partial charge in [-0.1, -0.05) is 66.7 Å². The van der Waals surface area contributed by atoms with Gasteiger partial charge in [0.2, 0.25) is 0 Å². The Labute approximate surface area is 163 Å². The second-order valence-corrected chi connectivity index (χ2v) is 6.92. The molecular weight excluding hydrogens is 344 g/mol. The lowest BCUT2D eigenvalue weighted by atomic mass is 9.90. The standard InChI is InChI=1S/C26H20O2/c1-27-24-14-12-19(16-25(24)28-2)26-21-10-6-4-8-18(21)15-23-20-9-5-3-7-17(20)11-13-22(23)26/h3-16H,1-2H3. The molecule has 0 saturated carbocycles. The molecule has 5 aromatic carbocycles. The third-order valence-electron chi connectivity index (χ3n) is 5.44. The molecule has 5 rings (SSSR count). The van der Waals surface area contributed by atoms with E-state index in [-0.39, 0.29) is 0 Å². The van der Waals surface area contributed by atoms with E-state index in [0.717, 1.165) is 17.1 Å². The van der Waals surface area contributed by atoms with Crippen LogP contribution >= 0.6 is 0 Å². The highest BCUT2D eigenvalue weighted by Gasteiger charge is 2.14. The van der Waals surface area contributed by atoms with Gasteiger partial charge in [0, 0.05) is 0 Å². The quantitative estimate of drug-likeness (QED) is 0.258. The first-order chi connectivity index (χ1) is 13.8. The predicted molar refractivity (Wildman–Crippen MR) is 118 cm³/mol. The highest BCUT2D eigenvalue weighted by atomic mass is 16.5. The molecule has 2 nitrogen and oxygen atoms in total. The van der Waals surface area contributed by atoms with Crippen molar-refractivity contribution in [2.24, 2.45) is 0 Å². The van der Waals surface area contributed by atoms with Crippen molar-refractivity contribution in [2.75, 3.05) is 14.2 Å². The van der Waals surface area contributed by atoms with Crippen LogP contribution < -0.4 is 9.47 Å². The molecule has 0 saturated heterocycles. The Morgan fingerprint density at radius 2 is 1.21 bits per heavy atom. The van der Waals surface area contributed by atoms with Gasteiger partial charge in [0.15, 0.2) is 11.5 Å². The van der Waals surface area contributed by atoms with Gasteiger partial charge in [-0.2, -0.15) is 0 Å². The lowest BCUT2D eigenvalue weighted by molar-refractivity contribution is 0.355. The minimum absolute atomic E-state index is 0.737. The molecule has 2 heteroatoms. The van der Waals surface area contributed by atoms with Crippen LogP contribution in [0.4, 0.5) is 0 Å². The number of ether oxygens (including phenoxy) is 2. The predicted octanol–water partition coefficient (Wildman–Crippen LogP) is 6.83. The molecule has 0 bridgehead atoms. The van der Waals surface area contributed by atoms with Gasteiger partial charge >= 0.3 is 0 Å². The molecule has 0 aliphatic carbocycles. The first-order valence-corrected chi connectivity index (χ1v) is 9.36. The van der Waals surface area contributed by atoms with Gasteiger partial charge in [0.05, 0.1) is 14.2 Å². The number of rotatable bonds is 3. The molecule has 0 unspecified atom stereocenters. The first-order valence-electron chi connectivity index (χ1n) is 9.36. The Bertz CT molecular complexity index is 1330. The smallest absolute Gasteiger partial charge is 0.161 e. The fraction of sp³-hybridized carbons (Fsp3) is 0.0769. The summed E-state index contributed by atoms with van der Waals surface area (Å²) >= 11 is 0. The van der Waals surface area contributed by atoms with Crippen LogP contribution in [0.25, 0.3) is 43.4 Å². The molecule has 0 aliphatic heterocycles. The SMILES string of the molecule is COc1ccc(-c2c3ccccc3cc3c2ccc2ccccc23)cc1OC. The molecule has 0 fully saturated rings. The van der Waals surface area contributed by atoms with Crippen LogP contribution in [-0.4, -0.2) is 14.2 Å². The Morgan fingerprint density at radius 3 is 2.00 bits per heavy atom. The van der Waals surface area contributed by atoms with E-state index in [0.29, 0.717) is 0 Å². The van der Waals surface area contributed by atoms with E-state index in [4.69, 9.17) is 9.47 Å². The summed E-state index contributed by atoms with van der Waals surface area (Å²) in [6, 6.07) is 30.0. The van der Waals surface area contributed by atoms with Crippen LogP contribution in [0.2, 0.25) is 0 Å². The average Bonchev–Trinajstić information content (AvgIpc) is 2.77. The van der Waals surface area contributed by atoms with Crippen LogP contribution in [0.3, 0.4) is 0 Å². The maximum absolute atomic E-state index is 5.57. The number of benzene rings is 5. The lowest BCUT2D eigenvalue weighted by Gasteiger charge is -2.15. The van der Waals surface area contributed by atoms with Crippen molar-refractivity contribution in [3.8, 4) is 22.6 Å². The minimum atomic E-state index is 0.737. The van der Waals surface area contributed by atoms with E-state index < -0.39 is 0 Å². The van der Waals surface area contributed by atoms with Gasteiger partial charge in [-0.25, -0.2) is 0 Å². The van der Waals surface area contributed by atoms with E-state index in [1.165, 1.54) is 37.9 Å². The van der Waals surface area contributed by atoms with Gasteiger partial charge in [-0.05, 0) is 61.6 Å². The Morgan fingerprint density at radius 1 is 0.500 bits per heavy atom. The molecular formula is C26H20O2. The maximum atomic E-state index is 5.57. The monoisotopic (exact) mass is 364 g/mol. The van der Waals surface area contributed by atoms with Crippen molar-refractivity contribution in [3.63, 3.8) is 0 Å². The van der Waals surface area contributed by atoms with Crippen molar-refractivity contribution in [3.05, 3.63) is 84.9 Å². The van der Waals surface area contributed by atoms with Gasteiger partial charge < -0.3 is 9.47 Å². The zero-order valence-electron chi connectivity index (χ0n) is 15.9. The molecule has 0 N–H and O–H groups in total. The maximum Gasteiger partial charge on any atom is 0.161 e. The number of hydrogen-bond donors (Lipinski definition) is 0. The highest BCUT2D eigenvalue weighted by Crippen LogP contribution is 2.41. The second-order valence-electron chi connectivity index (χ2n) is 6.92. The molecule has 0 aromatic heterocycles. The fourth-order valence-corrected chi connectivity index (χ4v) is 4.12. The third-order valence-corrected chi connectivity index (χ3v) is 5.44. The molecule has 0 amide bonds. The van der Waals surface area contributed by atoms with Gasteiger partial charge in [0.1, 0.15) is 0 Å². The molecule has 136 valence electrons. The number of fused-ring (bicyclic) bond motifs is 4. The first kappa shape index (κ1) is 16.6. The van der Waals surface area contributed by atoms with Gasteiger partial charge in [-0.15, -0.1) is 0 Å². The average molecular weight is 364 g/mol. The lowest BCUT2D eigenvalue weighted by Crippen LogP contribution is -1.92. The molecule has 0 aliphatic rings. The minimum Gasteiger partial charge on any atom is -0.493 e. The van der Waals surface area contributed by atoms with Crippen molar-refractivity contribution in [1.82, 2.24) is 0 Å². The van der Waals surface area contributed by atoms with Gasteiger partial charge in [-0.3, -0.25) is 0 Å². The summed E-state index contributed by atoms with van der Waals surface area (Å²) in [7, 11) is 3.34. The largest absolute Gasteiger partial charge is 0.493 e. The van der Waals surface area contributed by atoms with E-state index in [1.54, 1.807) is 14.2 Å². The third kappa shape index (κ3) is 2.49. The topological polar surface area (TPSA) is 18.5 Å². The van der Waals surface area contributed by atoms with Crippen LogP contribution in [-0.2, 0) is 0 Å².